The third-order valence-electron chi connectivity index (χ3n) is 4.84. The summed E-state index contributed by atoms with van der Waals surface area (Å²) in [6, 6.07) is 6.49. The van der Waals surface area contributed by atoms with E-state index in [0.29, 0.717) is 5.92 Å². The van der Waals surface area contributed by atoms with E-state index in [1.807, 2.05) is 23.6 Å². The summed E-state index contributed by atoms with van der Waals surface area (Å²) in [5.74, 6) is 1.49. The lowest BCUT2D eigenvalue weighted by molar-refractivity contribution is 0.143. The number of H-pyrrole nitrogens is 1. The Morgan fingerprint density at radius 1 is 1.30 bits per heavy atom. The first-order valence-corrected chi connectivity index (χ1v) is 8.62. The first-order valence-electron chi connectivity index (χ1n) is 8.62. The third kappa shape index (κ3) is 3.19. The highest BCUT2D eigenvalue weighted by atomic mass is 16.2. The molecule has 0 atom stereocenters. The topological polar surface area (TPSA) is 52.2 Å². The summed E-state index contributed by atoms with van der Waals surface area (Å²) < 4.78 is 0. The molecule has 2 heterocycles. The van der Waals surface area contributed by atoms with E-state index in [2.05, 4.69) is 30.1 Å². The van der Waals surface area contributed by atoms with E-state index >= 15 is 0 Å². The minimum absolute atomic E-state index is 0.175. The number of nitrogens with one attached hydrogen (secondary N) is 1. The molecule has 23 heavy (non-hydrogen) atoms. The maximum absolute atomic E-state index is 12.4. The molecule has 5 heteroatoms. The number of nitrogens with zero attached hydrogens (tertiary/aromatic N) is 3. The highest BCUT2D eigenvalue weighted by Crippen LogP contribution is 2.28. The second-order valence-corrected chi connectivity index (χ2v) is 6.36. The van der Waals surface area contributed by atoms with Crippen molar-refractivity contribution in [2.45, 2.75) is 39.5 Å². The molecule has 2 aromatic rings. The van der Waals surface area contributed by atoms with Gasteiger partial charge in [-0.15, -0.1) is 0 Å². The molecule has 1 fully saturated rings. The van der Waals surface area contributed by atoms with Crippen LogP contribution in [-0.4, -0.2) is 52.0 Å². The summed E-state index contributed by atoms with van der Waals surface area (Å²) >= 11 is 0. The Hall–Kier alpha value is -2.04. The van der Waals surface area contributed by atoms with E-state index < -0.39 is 0 Å². The fraction of sp³-hybridized carbons (Fsp3) is 0.556. The van der Waals surface area contributed by atoms with Crippen LogP contribution in [0.4, 0.5) is 4.79 Å². The molecule has 1 saturated heterocycles. The molecule has 0 spiro atoms. The van der Waals surface area contributed by atoms with Crippen LogP contribution in [0.5, 0.6) is 0 Å². The number of imidazole rings is 1. The van der Waals surface area contributed by atoms with Crippen LogP contribution in [0.3, 0.4) is 0 Å². The molecule has 0 unspecified atom stereocenters. The fourth-order valence-electron chi connectivity index (χ4n) is 3.37. The van der Waals surface area contributed by atoms with Crippen LogP contribution >= 0.6 is 0 Å². The Kier molecular flexibility index (Phi) is 4.55. The predicted molar refractivity (Wildman–Crippen MR) is 92.7 cm³/mol. The molecule has 3 rings (SSSR count). The zero-order chi connectivity index (χ0) is 16.4. The van der Waals surface area contributed by atoms with Crippen molar-refractivity contribution < 1.29 is 4.79 Å². The zero-order valence-corrected chi connectivity index (χ0v) is 14.3. The number of aryl methyl sites for hydroxylation is 1. The Balaban J connectivity index is 1.67. The first kappa shape index (κ1) is 15.8. The molecule has 0 bridgehead atoms. The monoisotopic (exact) mass is 314 g/mol. The lowest BCUT2D eigenvalue weighted by Gasteiger charge is -2.34. The molecule has 124 valence electrons. The van der Waals surface area contributed by atoms with E-state index in [4.69, 9.17) is 4.98 Å². The largest absolute Gasteiger partial charge is 0.342 e. The fourth-order valence-corrected chi connectivity index (χ4v) is 3.37. The van der Waals surface area contributed by atoms with E-state index in [-0.39, 0.29) is 6.03 Å². The third-order valence-corrected chi connectivity index (χ3v) is 4.84. The second-order valence-electron chi connectivity index (χ2n) is 6.36. The predicted octanol–water partition coefficient (Wildman–Crippen LogP) is 3.51. The van der Waals surface area contributed by atoms with Crippen molar-refractivity contribution in [3.8, 4) is 0 Å². The van der Waals surface area contributed by atoms with Gasteiger partial charge in [0.1, 0.15) is 5.82 Å². The number of carbonyl (C=O) groups excluding carboxylic acids is 1. The summed E-state index contributed by atoms with van der Waals surface area (Å²) in [7, 11) is 0. The van der Waals surface area contributed by atoms with Gasteiger partial charge in [-0.25, -0.2) is 9.78 Å². The van der Waals surface area contributed by atoms with Crippen LogP contribution in [-0.2, 0) is 0 Å². The normalized spacial score (nSPS) is 16.0. The number of hydrogen-bond acceptors (Lipinski definition) is 2. The summed E-state index contributed by atoms with van der Waals surface area (Å²) in [5.41, 5.74) is 3.39. The standard InChI is InChI=1S/C18H26N4O/c1-4-21(5-2)18(23)22-10-8-14(9-11-22)17-19-15-7-6-13(3)12-16(15)20-17/h6-7,12,14H,4-5,8-11H2,1-3H3,(H,19,20). The van der Waals surface area contributed by atoms with Gasteiger partial charge in [0.2, 0.25) is 0 Å². The van der Waals surface area contributed by atoms with Gasteiger partial charge in [-0.2, -0.15) is 0 Å². The maximum Gasteiger partial charge on any atom is 0.319 e. The minimum Gasteiger partial charge on any atom is -0.342 e. The van der Waals surface area contributed by atoms with Crippen LogP contribution in [0.1, 0.15) is 44.0 Å². The van der Waals surface area contributed by atoms with E-state index in [0.717, 1.165) is 55.9 Å². The molecule has 1 aromatic heterocycles. The number of carbonyl (C=O) groups is 1. The van der Waals surface area contributed by atoms with Crippen molar-refractivity contribution >= 4 is 17.1 Å². The van der Waals surface area contributed by atoms with Crippen molar-refractivity contribution in [2.24, 2.45) is 0 Å². The number of benzene rings is 1. The quantitative estimate of drug-likeness (QED) is 0.942. The highest BCUT2D eigenvalue weighted by Gasteiger charge is 2.27. The summed E-state index contributed by atoms with van der Waals surface area (Å²) in [6.07, 6.45) is 1.96. The molecule has 0 radical (unpaired) electrons. The molecule has 2 amide bonds. The van der Waals surface area contributed by atoms with Gasteiger partial charge >= 0.3 is 6.03 Å². The average molecular weight is 314 g/mol. The van der Waals surface area contributed by atoms with Gasteiger partial charge in [0, 0.05) is 32.1 Å². The molecule has 5 nitrogen and oxygen atoms in total. The number of fused-ring (bicyclic) bond motifs is 1. The van der Waals surface area contributed by atoms with Gasteiger partial charge in [-0.1, -0.05) is 6.07 Å². The Morgan fingerprint density at radius 3 is 2.65 bits per heavy atom. The van der Waals surface area contributed by atoms with Crippen LogP contribution in [0, 0.1) is 6.92 Å². The summed E-state index contributed by atoms with van der Waals surface area (Å²) in [6.45, 7) is 9.34. The van der Waals surface area contributed by atoms with E-state index in [9.17, 15) is 4.79 Å². The van der Waals surface area contributed by atoms with Crippen molar-refractivity contribution in [3.05, 3.63) is 29.6 Å². The van der Waals surface area contributed by atoms with E-state index in [1.54, 1.807) is 0 Å². The highest BCUT2D eigenvalue weighted by molar-refractivity contribution is 5.76. The van der Waals surface area contributed by atoms with Gasteiger partial charge in [-0.05, 0) is 51.3 Å². The number of rotatable bonds is 3. The second kappa shape index (κ2) is 6.60. The van der Waals surface area contributed by atoms with Gasteiger partial charge in [0.05, 0.1) is 11.0 Å². The molecule has 1 aromatic carbocycles. The van der Waals surface area contributed by atoms with E-state index in [1.165, 1.54) is 5.56 Å². The smallest absolute Gasteiger partial charge is 0.319 e. The van der Waals surface area contributed by atoms with Crippen molar-refractivity contribution in [3.63, 3.8) is 0 Å². The van der Waals surface area contributed by atoms with Crippen molar-refractivity contribution in [1.29, 1.82) is 0 Å². The summed E-state index contributed by atoms with van der Waals surface area (Å²) in [5, 5.41) is 0. The van der Waals surface area contributed by atoms with Crippen LogP contribution in [0.2, 0.25) is 0 Å². The van der Waals surface area contributed by atoms with Gasteiger partial charge in [-0.3, -0.25) is 0 Å². The number of likely N-dealkylation sites (tertiary alicyclic amines) is 1. The molecule has 1 N–H and O–H groups in total. The minimum atomic E-state index is 0.175. The maximum atomic E-state index is 12.4. The average Bonchev–Trinajstić information content (AvgIpc) is 2.99. The summed E-state index contributed by atoms with van der Waals surface area (Å²) in [4.78, 5) is 24.5. The van der Waals surface area contributed by atoms with Gasteiger partial charge < -0.3 is 14.8 Å². The molecule has 1 aliphatic heterocycles. The molecular weight excluding hydrogens is 288 g/mol. The Labute approximate surface area is 137 Å². The Bertz CT molecular complexity index is 681. The zero-order valence-electron chi connectivity index (χ0n) is 14.3. The number of aromatic nitrogens is 2. The molecule has 1 aliphatic rings. The molecule has 0 aliphatic carbocycles. The van der Waals surface area contributed by atoms with Crippen LogP contribution in [0.15, 0.2) is 18.2 Å². The van der Waals surface area contributed by atoms with Crippen LogP contribution < -0.4 is 0 Å². The number of urea groups is 1. The number of aromatic amines is 1. The van der Waals surface area contributed by atoms with Gasteiger partial charge in [0.25, 0.3) is 0 Å². The SMILES string of the molecule is CCN(CC)C(=O)N1CCC(c2nc3ccc(C)cc3[nH]2)CC1. The first-order chi connectivity index (χ1) is 11.1. The van der Waals surface area contributed by atoms with Crippen molar-refractivity contribution in [1.82, 2.24) is 19.8 Å². The molecule has 0 saturated carbocycles. The molecular formula is C18H26N4O. The lowest BCUT2D eigenvalue weighted by atomic mass is 9.96. The lowest BCUT2D eigenvalue weighted by Crippen LogP contribution is -2.46. The number of piperidine rings is 1. The van der Waals surface area contributed by atoms with Crippen LogP contribution in [0.25, 0.3) is 11.0 Å². The number of hydrogen-bond donors (Lipinski definition) is 1. The van der Waals surface area contributed by atoms with Crippen molar-refractivity contribution in [2.75, 3.05) is 26.2 Å². The number of amides is 2. The van der Waals surface area contributed by atoms with Gasteiger partial charge in [0.15, 0.2) is 0 Å². The Morgan fingerprint density at radius 2 is 2.00 bits per heavy atom.